The van der Waals surface area contributed by atoms with Gasteiger partial charge >= 0.3 is 0 Å². The van der Waals surface area contributed by atoms with Crippen molar-refractivity contribution in [1.29, 1.82) is 0 Å². The number of thiophene rings is 1. The standard InChI is InChI=1S/C24H25ClN4O3S/c1-13-17-12-32-24(2,3)11-16(17)18-19-20(33-21(18)26-13)22(31)29(15-7-5-6-14(25)10-15)23(27-19)28(4)8-9-30/h5-7,10,30H,8-9,11-12H2,1-4H3. The number of rotatable bonds is 4. The second-order valence-electron chi connectivity index (χ2n) is 9.02. The summed E-state index contributed by atoms with van der Waals surface area (Å²) in [7, 11) is 1.81. The Balaban J connectivity index is 1.89. The van der Waals surface area contributed by atoms with Crippen LogP contribution >= 0.6 is 22.9 Å². The number of anilines is 1. The molecule has 172 valence electrons. The highest BCUT2D eigenvalue weighted by molar-refractivity contribution is 7.25. The Bertz CT molecular complexity index is 1460. The molecule has 5 rings (SSSR count). The van der Waals surface area contributed by atoms with E-state index in [1.807, 2.05) is 20.0 Å². The summed E-state index contributed by atoms with van der Waals surface area (Å²) in [4.78, 5) is 26.3. The lowest BCUT2D eigenvalue weighted by atomic mass is 9.89. The van der Waals surface area contributed by atoms with Gasteiger partial charge in [0, 0.05) is 41.7 Å². The molecule has 3 aromatic heterocycles. The molecule has 7 nitrogen and oxygen atoms in total. The molecule has 4 aromatic rings. The van der Waals surface area contributed by atoms with Crippen molar-refractivity contribution in [3.05, 3.63) is 56.5 Å². The topological polar surface area (TPSA) is 80.5 Å². The second kappa shape index (κ2) is 8.06. The van der Waals surface area contributed by atoms with Crippen LogP contribution in [0.2, 0.25) is 5.02 Å². The van der Waals surface area contributed by atoms with Gasteiger partial charge in [0.1, 0.15) is 15.0 Å². The summed E-state index contributed by atoms with van der Waals surface area (Å²) in [6, 6.07) is 7.14. The van der Waals surface area contributed by atoms with Crippen LogP contribution in [0.25, 0.3) is 26.1 Å². The number of benzene rings is 1. The first kappa shape index (κ1) is 22.3. The molecule has 0 bridgehead atoms. The van der Waals surface area contributed by atoms with E-state index in [1.165, 1.54) is 11.3 Å². The van der Waals surface area contributed by atoms with E-state index in [2.05, 4.69) is 13.8 Å². The third-order valence-corrected chi connectivity index (χ3v) is 7.39. The van der Waals surface area contributed by atoms with Crippen molar-refractivity contribution in [2.45, 2.75) is 39.4 Å². The van der Waals surface area contributed by atoms with Crippen molar-refractivity contribution in [2.24, 2.45) is 0 Å². The summed E-state index contributed by atoms with van der Waals surface area (Å²) in [5.74, 6) is 0.448. The minimum absolute atomic E-state index is 0.0635. The zero-order chi connectivity index (χ0) is 23.5. The van der Waals surface area contributed by atoms with Gasteiger partial charge < -0.3 is 14.7 Å². The first-order valence-electron chi connectivity index (χ1n) is 10.8. The van der Waals surface area contributed by atoms with E-state index in [-0.39, 0.29) is 17.8 Å². The maximum absolute atomic E-state index is 13.9. The Hall–Kier alpha value is -2.52. The Morgan fingerprint density at radius 1 is 1.30 bits per heavy atom. The minimum atomic E-state index is -0.311. The number of aliphatic hydroxyl groups is 1. The highest BCUT2D eigenvalue weighted by Gasteiger charge is 2.31. The molecule has 1 aromatic carbocycles. The van der Waals surface area contributed by atoms with Gasteiger partial charge in [0.2, 0.25) is 5.95 Å². The molecule has 0 saturated carbocycles. The minimum Gasteiger partial charge on any atom is -0.395 e. The third kappa shape index (κ3) is 3.71. The number of pyridine rings is 1. The Labute approximate surface area is 200 Å². The second-order valence-corrected chi connectivity index (χ2v) is 10.5. The first-order valence-corrected chi connectivity index (χ1v) is 12.0. The lowest BCUT2D eigenvalue weighted by Gasteiger charge is -2.32. The Morgan fingerprint density at radius 2 is 2.09 bits per heavy atom. The van der Waals surface area contributed by atoms with Crippen LogP contribution < -0.4 is 10.5 Å². The number of likely N-dealkylation sites (N-methyl/N-ethyl adjacent to an activating group) is 1. The van der Waals surface area contributed by atoms with E-state index in [1.54, 1.807) is 27.7 Å². The Kier molecular flexibility index (Phi) is 5.44. The van der Waals surface area contributed by atoms with Gasteiger partial charge in [0.25, 0.3) is 5.56 Å². The van der Waals surface area contributed by atoms with Gasteiger partial charge in [-0.05, 0) is 44.5 Å². The van der Waals surface area contributed by atoms with Gasteiger partial charge in [-0.1, -0.05) is 17.7 Å². The number of ether oxygens (including phenoxy) is 1. The van der Waals surface area contributed by atoms with E-state index < -0.39 is 0 Å². The summed E-state index contributed by atoms with van der Waals surface area (Å²) in [5.41, 5.74) is 3.94. The predicted octanol–water partition coefficient (Wildman–Crippen LogP) is 4.24. The van der Waals surface area contributed by atoms with Crippen LogP contribution in [0.15, 0.2) is 29.1 Å². The number of aryl methyl sites for hydroxylation is 1. The van der Waals surface area contributed by atoms with Crippen LogP contribution in [0.1, 0.15) is 30.7 Å². The SMILES string of the molecule is Cc1nc2sc3c(=O)n(-c4cccc(Cl)c4)c(N(C)CCO)nc3c2c2c1COC(C)(C)C2. The smallest absolute Gasteiger partial charge is 0.277 e. The molecule has 1 aliphatic rings. The lowest BCUT2D eigenvalue weighted by Crippen LogP contribution is -2.32. The van der Waals surface area contributed by atoms with E-state index >= 15 is 0 Å². The molecular weight excluding hydrogens is 460 g/mol. The number of aromatic nitrogens is 3. The van der Waals surface area contributed by atoms with Crippen LogP contribution in [-0.4, -0.2) is 45.4 Å². The molecule has 0 aliphatic carbocycles. The molecule has 4 heterocycles. The van der Waals surface area contributed by atoms with E-state index in [0.29, 0.717) is 40.0 Å². The van der Waals surface area contributed by atoms with E-state index in [9.17, 15) is 9.90 Å². The van der Waals surface area contributed by atoms with Crippen molar-refractivity contribution < 1.29 is 9.84 Å². The van der Waals surface area contributed by atoms with Crippen LogP contribution in [0, 0.1) is 6.92 Å². The van der Waals surface area contributed by atoms with Crippen LogP contribution in [0.5, 0.6) is 0 Å². The van der Waals surface area contributed by atoms with Gasteiger partial charge in [0.15, 0.2) is 0 Å². The quantitative estimate of drug-likeness (QED) is 0.466. The summed E-state index contributed by atoms with van der Waals surface area (Å²) >= 11 is 7.61. The maximum atomic E-state index is 13.9. The summed E-state index contributed by atoms with van der Waals surface area (Å²) in [6.45, 7) is 6.90. The van der Waals surface area contributed by atoms with Gasteiger partial charge in [-0.2, -0.15) is 0 Å². The van der Waals surface area contributed by atoms with Crippen molar-refractivity contribution in [3.63, 3.8) is 0 Å². The summed E-state index contributed by atoms with van der Waals surface area (Å²) in [5, 5.41) is 11.0. The normalized spacial score (nSPS) is 15.2. The molecule has 0 fully saturated rings. The predicted molar refractivity (Wildman–Crippen MR) is 133 cm³/mol. The molecule has 0 spiro atoms. The van der Waals surface area contributed by atoms with E-state index in [4.69, 9.17) is 26.3 Å². The monoisotopic (exact) mass is 484 g/mol. The molecule has 0 saturated heterocycles. The maximum Gasteiger partial charge on any atom is 0.277 e. The van der Waals surface area contributed by atoms with Gasteiger partial charge in [-0.25, -0.2) is 14.5 Å². The van der Waals surface area contributed by atoms with E-state index in [0.717, 1.165) is 33.5 Å². The lowest BCUT2D eigenvalue weighted by molar-refractivity contribution is -0.0400. The fraction of sp³-hybridized carbons (Fsp3) is 0.375. The first-order chi connectivity index (χ1) is 15.7. The number of fused-ring (bicyclic) bond motifs is 5. The number of halogens is 1. The average Bonchev–Trinajstić information content (AvgIpc) is 3.11. The molecular formula is C24H25ClN4O3S. The molecule has 9 heteroatoms. The summed E-state index contributed by atoms with van der Waals surface area (Å²) < 4.78 is 8.16. The van der Waals surface area contributed by atoms with Crippen molar-refractivity contribution in [1.82, 2.24) is 14.5 Å². The van der Waals surface area contributed by atoms with Crippen LogP contribution in [0.3, 0.4) is 0 Å². The fourth-order valence-corrected chi connectivity index (χ4v) is 5.73. The largest absolute Gasteiger partial charge is 0.395 e. The van der Waals surface area contributed by atoms with Crippen molar-refractivity contribution >= 4 is 49.3 Å². The fourth-order valence-electron chi connectivity index (χ4n) is 4.43. The number of nitrogens with zero attached hydrogens (tertiary/aromatic N) is 4. The van der Waals surface area contributed by atoms with Crippen molar-refractivity contribution in [2.75, 3.05) is 25.1 Å². The number of hydrogen-bond donors (Lipinski definition) is 1. The molecule has 0 radical (unpaired) electrons. The van der Waals surface area contributed by atoms with Gasteiger partial charge in [-0.3, -0.25) is 4.79 Å². The van der Waals surface area contributed by atoms with Gasteiger partial charge in [0.05, 0.1) is 24.5 Å². The molecule has 0 amide bonds. The third-order valence-electron chi connectivity index (χ3n) is 6.10. The van der Waals surface area contributed by atoms with Crippen molar-refractivity contribution in [3.8, 4) is 5.69 Å². The van der Waals surface area contributed by atoms with Gasteiger partial charge in [-0.15, -0.1) is 11.3 Å². The molecule has 0 unspecified atom stereocenters. The molecule has 1 N–H and O–H groups in total. The number of aliphatic hydroxyl groups excluding tert-OH is 1. The molecule has 33 heavy (non-hydrogen) atoms. The zero-order valence-corrected chi connectivity index (χ0v) is 20.5. The van der Waals surface area contributed by atoms with Crippen LogP contribution in [0.4, 0.5) is 5.95 Å². The molecule has 1 aliphatic heterocycles. The highest BCUT2D eigenvalue weighted by atomic mass is 35.5. The Morgan fingerprint density at radius 3 is 2.82 bits per heavy atom. The number of hydrogen-bond acceptors (Lipinski definition) is 7. The summed E-state index contributed by atoms with van der Waals surface area (Å²) in [6.07, 6.45) is 0.717. The highest BCUT2D eigenvalue weighted by Crippen LogP contribution is 2.40. The zero-order valence-electron chi connectivity index (χ0n) is 19.0. The molecule has 0 atom stereocenters. The average molecular weight is 485 g/mol. The van der Waals surface area contributed by atoms with Crippen LogP contribution in [-0.2, 0) is 17.8 Å².